The summed E-state index contributed by atoms with van der Waals surface area (Å²) in [7, 11) is 0. The molecule has 0 saturated heterocycles. The zero-order valence-electron chi connectivity index (χ0n) is 18.2. The number of carbonyl (C=O) groups is 1. The highest BCUT2D eigenvalue weighted by Gasteiger charge is 2.53. The molecule has 4 fully saturated rings. The first-order valence-corrected chi connectivity index (χ1v) is 13.2. The predicted octanol–water partition coefficient (Wildman–Crippen LogP) is 5.80. The van der Waals surface area contributed by atoms with Gasteiger partial charge < -0.3 is 5.32 Å². The van der Waals surface area contributed by atoms with E-state index in [1.54, 1.807) is 11.3 Å². The molecule has 4 saturated carbocycles. The smallest absolute Gasteiger partial charge is 0.230 e. The maximum absolute atomic E-state index is 12.9. The van der Waals surface area contributed by atoms with Crippen LogP contribution in [0.4, 0.5) is 0 Å². The summed E-state index contributed by atoms with van der Waals surface area (Å²) in [6, 6.07) is 8.52. The maximum Gasteiger partial charge on any atom is 0.230 e. The number of thioether (sulfide) groups is 1. The van der Waals surface area contributed by atoms with Gasteiger partial charge in [0.15, 0.2) is 0 Å². The quantitative estimate of drug-likeness (QED) is 0.563. The molecular weight excluding hydrogens is 422 g/mol. The van der Waals surface area contributed by atoms with Gasteiger partial charge in [-0.1, -0.05) is 17.8 Å². The van der Waals surface area contributed by atoms with Gasteiger partial charge in [-0.05, 0) is 93.1 Å². The number of hydrogen-bond acceptors (Lipinski definition) is 5. The van der Waals surface area contributed by atoms with E-state index in [2.05, 4.69) is 23.3 Å². The monoisotopic (exact) mass is 451 g/mol. The van der Waals surface area contributed by atoms with Gasteiger partial charge in [0.1, 0.15) is 11.1 Å². The molecule has 4 bridgehead atoms. The topological polar surface area (TPSA) is 65.8 Å². The van der Waals surface area contributed by atoms with Crippen molar-refractivity contribution in [3.8, 4) is 16.5 Å². The molecule has 0 spiro atoms. The Labute approximate surface area is 192 Å². The van der Waals surface area contributed by atoms with Crippen molar-refractivity contribution in [2.75, 3.05) is 5.75 Å². The van der Waals surface area contributed by atoms with Crippen molar-refractivity contribution in [3.05, 3.63) is 34.8 Å². The summed E-state index contributed by atoms with van der Waals surface area (Å²) in [5.74, 6) is 2.99. The van der Waals surface area contributed by atoms with E-state index in [-0.39, 0.29) is 11.9 Å². The minimum Gasteiger partial charge on any atom is -0.352 e. The zero-order valence-corrected chi connectivity index (χ0v) is 19.8. The highest BCUT2D eigenvalue weighted by molar-refractivity contribution is 8.00. The van der Waals surface area contributed by atoms with Crippen LogP contribution in [0.25, 0.3) is 10.4 Å². The van der Waals surface area contributed by atoms with Crippen LogP contribution >= 0.6 is 23.1 Å². The van der Waals surface area contributed by atoms with Gasteiger partial charge in [0.25, 0.3) is 0 Å². The molecular formula is C25H29N3OS2. The maximum atomic E-state index is 12.9. The third-order valence-corrected chi connectivity index (χ3v) is 9.61. The van der Waals surface area contributed by atoms with Crippen molar-refractivity contribution in [2.45, 2.75) is 63.4 Å². The second kappa shape index (κ2) is 8.26. The Morgan fingerprint density at radius 3 is 2.58 bits per heavy atom. The van der Waals surface area contributed by atoms with Crippen molar-refractivity contribution in [1.82, 2.24) is 10.3 Å². The van der Waals surface area contributed by atoms with Gasteiger partial charge >= 0.3 is 0 Å². The molecule has 2 aromatic rings. The van der Waals surface area contributed by atoms with Crippen LogP contribution in [0.2, 0.25) is 0 Å². The normalized spacial score (nSPS) is 29.5. The molecule has 0 aliphatic heterocycles. The summed E-state index contributed by atoms with van der Waals surface area (Å²) in [6.07, 6.45) is 8.11. The first kappa shape index (κ1) is 21.0. The average Bonchev–Trinajstić information content (AvgIpc) is 3.25. The van der Waals surface area contributed by atoms with Gasteiger partial charge in [-0.25, -0.2) is 4.98 Å². The van der Waals surface area contributed by atoms with Crippen LogP contribution in [0.1, 0.15) is 56.7 Å². The second-order valence-electron chi connectivity index (χ2n) is 9.94. The fraction of sp³-hybridized carbons (Fsp3) is 0.560. The molecule has 2 heterocycles. The van der Waals surface area contributed by atoms with Crippen LogP contribution in [-0.2, 0) is 4.79 Å². The van der Waals surface area contributed by atoms with E-state index in [1.165, 1.54) is 50.3 Å². The molecule has 4 nitrogen and oxygen atoms in total. The van der Waals surface area contributed by atoms with Crippen LogP contribution in [0.3, 0.4) is 0 Å². The molecule has 1 unspecified atom stereocenters. The lowest BCUT2D eigenvalue weighted by Crippen LogP contribution is -2.56. The molecule has 162 valence electrons. The number of thiophene rings is 1. The van der Waals surface area contributed by atoms with Crippen molar-refractivity contribution in [2.24, 2.45) is 23.2 Å². The molecule has 6 rings (SSSR count). The highest BCUT2D eigenvalue weighted by atomic mass is 32.2. The van der Waals surface area contributed by atoms with Crippen LogP contribution in [-0.4, -0.2) is 22.7 Å². The van der Waals surface area contributed by atoms with Gasteiger partial charge in [-0.15, -0.1) is 11.3 Å². The molecule has 4 aliphatic rings. The lowest BCUT2D eigenvalue weighted by Gasteiger charge is -2.59. The average molecular weight is 452 g/mol. The first-order valence-electron chi connectivity index (χ1n) is 11.3. The number of amides is 1. The number of hydrogen-bond donors (Lipinski definition) is 1. The Hall–Kier alpha value is -1.84. The number of aryl methyl sites for hydroxylation is 1. The van der Waals surface area contributed by atoms with Gasteiger partial charge in [-0.2, -0.15) is 5.26 Å². The van der Waals surface area contributed by atoms with Gasteiger partial charge in [0, 0.05) is 22.2 Å². The standard InChI is InChI=1S/C25H29N3OS2/c1-15-6-20(22-4-3-5-30-22)21(13-26)24(27-15)31-14-23(29)28-16(2)25-10-17-7-18(11-25)9-19(8-17)12-25/h3-6,16-19H,7-12,14H2,1-2H3,(H,28,29). The van der Waals surface area contributed by atoms with Crippen molar-refractivity contribution in [3.63, 3.8) is 0 Å². The Morgan fingerprint density at radius 2 is 2.00 bits per heavy atom. The summed E-state index contributed by atoms with van der Waals surface area (Å²) in [5, 5.41) is 15.8. The van der Waals surface area contributed by atoms with E-state index >= 15 is 0 Å². The van der Waals surface area contributed by atoms with Crippen LogP contribution in [0.15, 0.2) is 28.6 Å². The Bertz CT molecular complexity index is 989. The summed E-state index contributed by atoms with van der Waals surface area (Å²) >= 11 is 3.00. The van der Waals surface area contributed by atoms with E-state index in [1.807, 2.05) is 30.5 Å². The van der Waals surface area contributed by atoms with Crippen LogP contribution in [0.5, 0.6) is 0 Å². The molecule has 1 atom stereocenters. The Kier molecular flexibility index (Phi) is 5.60. The molecule has 1 N–H and O–H groups in total. The van der Waals surface area contributed by atoms with Crippen LogP contribution in [0, 0.1) is 41.4 Å². The van der Waals surface area contributed by atoms with Crippen molar-refractivity contribution in [1.29, 1.82) is 5.26 Å². The fourth-order valence-corrected chi connectivity index (χ4v) is 8.37. The van der Waals surface area contributed by atoms with Crippen LogP contribution < -0.4 is 5.32 Å². The minimum atomic E-state index is 0.0538. The third-order valence-electron chi connectivity index (χ3n) is 7.73. The number of nitrogens with zero attached hydrogens (tertiary/aromatic N) is 2. The third kappa shape index (κ3) is 4.03. The Balaban J connectivity index is 1.27. The zero-order chi connectivity index (χ0) is 21.6. The SMILES string of the molecule is Cc1cc(-c2cccs2)c(C#N)c(SCC(=O)NC(C)C23CC4CC(CC(C4)C2)C3)n1. The van der Waals surface area contributed by atoms with E-state index < -0.39 is 0 Å². The van der Waals surface area contributed by atoms with Crippen molar-refractivity contribution >= 4 is 29.0 Å². The summed E-state index contributed by atoms with van der Waals surface area (Å²) in [5.41, 5.74) is 2.66. The van der Waals surface area contributed by atoms with E-state index in [9.17, 15) is 10.1 Å². The molecule has 4 aliphatic carbocycles. The Morgan fingerprint density at radius 1 is 1.32 bits per heavy atom. The van der Waals surface area contributed by atoms with Gasteiger partial charge in [0.05, 0.1) is 11.3 Å². The lowest BCUT2D eigenvalue weighted by atomic mass is 9.48. The second-order valence-corrected chi connectivity index (χ2v) is 11.9. The molecule has 1 amide bonds. The number of carbonyl (C=O) groups excluding carboxylic acids is 1. The molecule has 2 aromatic heterocycles. The summed E-state index contributed by atoms with van der Waals surface area (Å²) in [6.45, 7) is 4.16. The number of nitrogens with one attached hydrogen (secondary N) is 1. The molecule has 0 aromatic carbocycles. The molecule has 31 heavy (non-hydrogen) atoms. The van der Waals surface area contributed by atoms with E-state index in [0.29, 0.717) is 21.8 Å². The van der Waals surface area contributed by atoms with Gasteiger partial charge in [-0.3, -0.25) is 4.79 Å². The van der Waals surface area contributed by atoms with E-state index in [4.69, 9.17) is 0 Å². The minimum absolute atomic E-state index is 0.0538. The highest BCUT2D eigenvalue weighted by Crippen LogP contribution is 2.61. The molecule has 6 heteroatoms. The predicted molar refractivity (Wildman–Crippen MR) is 126 cm³/mol. The largest absolute Gasteiger partial charge is 0.352 e. The molecule has 0 radical (unpaired) electrons. The van der Waals surface area contributed by atoms with E-state index in [0.717, 1.165) is 33.9 Å². The lowest BCUT2D eigenvalue weighted by molar-refractivity contribution is -0.123. The number of pyridine rings is 1. The summed E-state index contributed by atoms with van der Waals surface area (Å²) in [4.78, 5) is 18.5. The number of nitriles is 1. The number of rotatable bonds is 6. The van der Waals surface area contributed by atoms with Gasteiger partial charge in [0.2, 0.25) is 5.91 Å². The first-order chi connectivity index (χ1) is 15.0. The van der Waals surface area contributed by atoms with Crippen molar-refractivity contribution < 1.29 is 4.79 Å². The fourth-order valence-electron chi connectivity index (χ4n) is 6.76. The number of aromatic nitrogens is 1. The summed E-state index contributed by atoms with van der Waals surface area (Å²) < 4.78 is 0.